The molecule has 34 heavy (non-hydrogen) atoms. The van der Waals surface area contributed by atoms with Gasteiger partial charge in [-0.1, -0.05) is 30.3 Å². The highest BCUT2D eigenvalue weighted by atomic mass is 79.9. The molecule has 0 fully saturated rings. The summed E-state index contributed by atoms with van der Waals surface area (Å²) in [4.78, 5) is 8.24. The van der Waals surface area contributed by atoms with Gasteiger partial charge in [-0.2, -0.15) is 0 Å². The van der Waals surface area contributed by atoms with Gasteiger partial charge < -0.3 is 20.3 Å². The number of nitrogens with zero attached hydrogens (tertiary/aromatic N) is 2. The van der Waals surface area contributed by atoms with Crippen molar-refractivity contribution in [3.05, 3.63) is 93.2 Å². The van der Waals surface area contributed by atoms with Crippen LogP contribution in [0.3, 0.4) is 0 Å². The highest BCUT2D eigenvalue weighted by molar-refractivity contribution is 9.11. The van der Waals surface area contributed by atoms with E-state index in [-0.39, 0.29) is 11.2 Å². The van der Waals surface area contributed by atoms with E-state index in [9.17, 15) is 10.2 Å². The summed E-state index contributed by atoms with van der Waals surface area (Å²) in [6.45, 7) is 5.50. The first kappa shape index (κ1) is 27.4. The second kappa shape index (κ2) is 13.2. The lowest BCUT2D eigenvalue weighted by molar-refractivity contribution is 0.419. The number of allylic oxidation sites excluding steroid dienone is 3. The van der Waals surface area contributed by atoms with Crippen molar-refractivity contribution in [1.29, 1.82) is 0 Å². The maximum Gasteiger partial charge on any atom is 0.492 e. The Hall–Kier alpha value is -2.81. The zero-order chi connectivity index (χ0) is 25.3. The van der Waals surface area contributed by atoms with E-state index in [2.05, 4.69) is 47.9 Å². The molecule has 2 aromatic carbocycles. The summed E-state index contributed by atoms with van der Waals surface area (Å²) in [7, 11) is -1.60. The molecule has 1 aromatic heterocycles. The van der Waals surface area contributed by atoms with Crippen molar-refractivity contribution in [2.45, 2.75) is 20.8 Å². The van der Waals surface area contributed by atoms with E-state index in [0.29, 0.717) is 11.3 Å². The molecule has 0 aliphatic carbocycles. The van der Waals surface area contributed by atoms with E-state index in [4.69, 9.17) is 10.0 Å². The van der Waals surface area contributed by atoms with Crippen LogP contribution in [-0.4, -0.2) is 38.1 Å². The highest BCUT2D eigenvalue weighted by Gasteiger charge is 2.16. The Morgan fingerprint density at radius 3 is 2.00 bits per heavy atom. The molecule has 0 spiro atoms. The van der Waals surface area contributed by atoms with Gasteiger partial charge in [0.2, 0.25) is 0 Å². The quantitative estimate of drug-likeness (QED) is 0.251. The number of phenolic OH excluding ortho intramolecular Hbond substituents is 2. The van der Waals surface area contributed by atoms with Crippen LogP contribution in [0.2, 0.25) is 0 Å². The Labute approximate surface area is 216 Å². The SMILES string of the molecule is CC1=NC=C(Br)[C+]=C1.Cc1cccc(-c2ccc(Br)cn2)c1O.Cc1cccc(B(O)O)c1O. The van der Waals surface area contributed by atoms with Crippen LogP contribution < -0.4 is 5.46 Å². The van der Waals surface area contributed by atoms with Crippen molar-refractivity contribution in [2.24, 2.45) is 4.99 Å². The van der Waals surface area contributed by atoms with E-state index in [1.54, 1.807) is 31.5 Å². The maximum absolute atomic E-state index is 9.87. The number of rotatable bonds is 2. The summed E-state index contributed by atoms with van der Waals surface area (Å²) < 4.78 is 1.83. The second-order valence-electron chi connectivity index (χ2n) is 7.26. The number of aliphatic imine (C=N–C) groups is 1. The summed E-state index contributed by atoms with van der Waals surface area (Å²) >= 11 is 6.55. The smallest absolute Gasteiger partial charge is 0.492 e. The minimum Gasteiger partial charge on any atom is -0.508 e. The van der Waals surface area contributed by atoms with Crippen LogP contribution in [0.15, 0.2) is 81.0 Å². The van der Waals surface area contributed by atoms with E-state index in [1.165, 1.54) is 6.07 Å². The van der Waals surface area contributed by atoms with Crippen molar-refractivity contribution in [2.75, 3.05) is 0 Å². The zero-order valence-corrected chi connectivity index (χ0v) is 22.0. The number of aromatic nitrogens is 1. The van der Waals surface area contributed by atoms with Gasteiger partial charge in [-0.05, 0) is 75.0 Å². The van der Waals surface area contributed by atoms with Crippen LogP contribution in [0.5, 0.6) is 11.5 Å². The topological polar surface area (TPSA) is 106 Å². The summed E-state index contributed by atoms with van der Waals surface area (Å²) in [6, 6.07) is 14.2. The zero-order valence-electron chi connectivity index (χ0n) is 18.9. The number of para-hydroxylation sites is 2. The van der Waals surface area contributed by atoms with Gasteiger partial charge in [-0.25, -0.2) is 0 Å². The molecular weight excluding hydrogens is 563 g/mol. The Balaban J connectivity index is 0.000000190. The molecular formula is C25H24BBr2N2O4+. The van der Waals surface area contributed by atoms with Gasteiger partial charge in [0.1, 0.15) is 17.6 Å². The lowest BCUT2D eigenvalue weighted by atomic mass is 9.79. The van der Waals surface area contributed by atoms with Gasteiger partial charge in [-0.3, -0.25) is 4.98 Å². The van der Waals surface area contributed by atoms with E-state index in [0.717, 1.165) is 31.5 Å². The summed E-state index contributed by atoms with van der Waals surface area (Å²) in [6.07, 6.45) is 8.24. The molecule has 0 radical (unpaired) electrons. The maximum atomic E-state index is 9.87. The fourth-order valence-electron chi connectivity index (χ4n) is 2.70. The number of aryl methyl sites for hydroxylation is 2. The molecule has 1 aliphatic heterocycles. The molecule has 0 atom stereocenters. The summed E-state index contributed by atoms with van der Waals surface area (Å²) in [5.74, 6) is 0.245. The van der Waals surface area contributed by atoms with Crippen molar-refractivity contribution in [3.8, 4) is 22.8 Å². The van der Waals surface area contributed by atoms with Crippen molar-refractivity contribution < 1.29 is 20.3 Å². The third-order valence-electron chi connectivity index (χ3n) is 4.59. The van der Waals surface area contributed by atoms with Crippen LogP contribution in [0.1, 0.15) is 18.1 Å². The Morgan fingerprint density at radius 1 is 0.853 bits per heavy atom. The highest BCUT2D eigenvalue weighted by Crippen LogP contribution is 2.30. The van der Waals surface area contributed by atoms with Gasteiger partial charge >= 0.3 is 7.12 Å². The van der Waals surface area contributed by atoms with Gasteiger partial charge in [0.25, 0.3) is 0 Å². The van der Waals surface area contributed by atoms with Crippen LogP contribution in [0.25, 0.3) is 11.3 Å². The number of halogens is 2. The minimum atomic E-state index is -1.60. The van der Waals surface area contributed by atoms with Gasteiger partial charge in [0, 0.05) is 28.6 Å². The summed E-state index contributed by atoms with van der Waals surface area (Å²) in [5.41, 5.74) is 4.17. The van der Waals surface area contributed by atoms with E-state index in [1.807, 2.05) is 50.3 Å². The fraction of sp³-hybridized carbons (Fsp3) is 0.120. The molecule has 6 nitrogen and oxygen atoms in total. The molecule has 1 aliphatic rings. The van der Waals surface area contributed by atoms with Gasteiger partial charge in [0.05, 0.1) is 11.8 Å². The lowest BCUT2D eigenvalue weighted by Crippen LogP contribution is -2.30. The molecule has 2 heterocycles. The van der Waals surface area contributed by atoms with Crippen LogP contribution in [0.4, 0.5) is 0 Å². The first-order valence-electron chi connectivity index (χ1n) is 10.1. The fourth-order valence-corrected chi connectivity index (χ4v) is 3.15. The molecule has 0 unspecified atom stereocenters. The number of hydrogen-bond donors (Lipinski definition) is 4. The van der Waals surface area contributed by atoms with E-state index < -0.39 is 7.12 Å². The molecule has 0 amide bonds. The Morgan fingerprint density at radius 2 is 1.50 bits per heavy atom. The predicted octanol–water partition coefficient (Wildman–Crippen LogP) is 4.96. The predicted molar refractivity (Wildman–Crippen MR) is 144 cm³/mol. The van der Waals surface area contributed by atoms with Crippen molar-refractivity contribution in [1.82, 2.24) is 4.98 Å². The number of benzene rings is 2. The minimum absolute atomic E-state index is 0.0532. The van der Waals surface area contributed by atoms with Crippen LogP contribution in [0, 0.1) is 19.9 Å². The number of pyridine rings is 1. The molecule has 0 saturated carbocycles. The molecule has 174 valence electrons. The first-order chi connectivity index (χ1) is 16.1. The third kappa shape index (κ3) is 8.20. The Kier molecular flexibility index (Phi) is 10.6. The molecule has 4 N–H and O–H groups in total. The monoisotopic (exact) mass is 585 g/mol. The normalized spacial score (nSPS) is 11.6. The standard InChI is InChI=1S/C12H10BrNO.C7H9BO3.C6H5BrN/c1-8-3-2-4-10(12(8)15)11-6-5-9(13)7-14-11;1-5-3-2-4-6(7(5)9)8(10)11;1-5-2-3-6(7)4-8-5/h2-7,15H,1H3;2-4,9-11H,1H3;2,4H,1H3/q;;+1. The Bertz CT molecular complexity index is 1190. The second-order valence-corrected chi connectivity index (χ2v) is 9.03. The molecule has 0 bridgehead atoms. The molecule has 3 aromatic rings. The third-order valence-corrected chi connectivity index (χ3v) is 5.49. The molecule has 4 rings (SSSR count). The van der Waals surface area contributed by atoms with Crippen LogP contribution in [-0.2, 0) is 0 Å². The average molecular weight is 587 g/mol. The van der Waals surface area contributed by atoms with Crippen molar-refractivity contribution >= 4 is 50.2 Å². The number of phenols is 2. The van der Waals surface area contributed by atoms with Gasteiger partial charge in [-0.15, -0.1) is 4.99 Å². The number of hydrogen-bond acceptors (Lipinski definition) is 6. The largest absolute Gasteiger partial charge is 0.508 e. The van der Waals surface area contributed by atoms with Crippen LogP contribution >= 0.6 is 31.9 Å². The molecule has 0 saturated heterocycles. The molecule has 9 heteroatoms. The average Bonchev–Trinajstić information content (AvgIpc) is 2.81. The van der Waals surface area contributed by atoms with E-state index >= 15 is 0 Å². The first-order valence-corrected chi connectivity index (χ1v) is 11.7. The number of aromatic hydroxyl groups is 2. The summed E-state index contributed by atoms with van der Waals surface area (Å²) in [5, 5.41) is 36.6. The lowest BCUT2D eigenvalue weighted by Gasteiger charge is -2.06. The van der Waals surface area contributed by atoms with Gasteiger partial charge in [0.15, 0.2) is 16.4 Å². The van der Waals surface area contributed by atoms with Crippen molar-refractivity contribution in [3.63, 3.8) is 0 Å².